The summed E-state index contributed by atoms with van der Waals surface area (Å²) in [5.41, 5.74) is 3.44. The van der Waals surface area contributed by atoms with E-state index in [0.29, 0.717) is 24.3 Å². The third kappa shape index (κ3) is 4.11. The summed E-state index contributed by atoms with van der Waals surface area (Å²) in [6, 6.07) is 17.7. The Morgan fingerprint density at radius 3 is 2.27 bits per heavy atom. The molecule has 170 valence electrons. The molecule has 2 aliphatic heterocycles. The molecule has 0 N–H and O–H groups in total. The van der Waals surface area contributed by atoms with E-state index < -0.39 is 0 Å². The van der Waals surface area contributed by atoms with Gasteiger partial charge in [-0.05, 0) is 48.9 Å². The average molecular weight is 445 g/mol. The quantitative estimate of drug-likeness (QED) is 0.434. The van der Waals surface area contributed by atoms with Crippen LogP contribution in [0.4, 0.5) is 17.1 Å². The van der Waals surface area contributed by atoms with E-state index in [9.17, 15) is 14.9 Å². The van der Waals surface area contributed by atoms with Crippen molar-refractivity contribution in [3.05, 3.63) is 75.8 Å². The van der Waals surface area contributed by atoms with Crippen molar-refractivity contribution in [3.8, 4) is 0 Å². The van der Waals surface area contributed by atoms with Crippen molar-refractivity contribution in [3.63, 3.8) is 0 Å². The number of amides is 1. The molecule has 7 nitrogen and oxygen atoms in total. The number of fused-ring (bicyclic) bond motifs is 1. The number of carbonyl (C=O) groups excluding carboxylic acids is 1. The van der Waals surface area contributed by atoms with Crippen LogP contribution in [0.15, 0.2) is 54.6 Å². The molecule has 2 fully saturated rings. The smallest absolute Gasteiger partial charge is 0.293 e. The van der Waals surface area contributed by atoms with Crippen LogP contribution in [-0.2, 0) is 0 Å². The summed E-state index contributed by atoms with van der Waals surface area (Å²) in [6.45, 7) is 6.38. The molecule has 3 aromatic rings. The van der Waals surface area contributed by atoms with Gasteiger partial charge in [-0.15, -0.1) is 0 Å². The Morgan fingerprint density at radius 2 is 1.55 bits per heavy atom. The standard InChI is InChI=1S/C26H28N4O3/c1-19-16-20-6-2-3-7-22(20)24(17-19)28-12-14-29(15-13-28)26(31)21-8-9-23(25(18-21)30(32)33)27-10-4-5-11-27/h2-3,6-9,16-18H,4-5,10-15H2,1H3. The van der Waals surface area contributed by atoms with Crippen LogP contribution in [0.25, 0.3) is 10.8 Å². The normalized spacial score (nSPS) is 16.5. The third-order valence-corrected chi connectivity index (χ3v) is 6.76. The van der Waals surface area contributed by atoms with Crippen molar-refractivity contribution in [2.75, 3.05) is 49.1 Å². The van der Waals surface area contributed by atoms with Gasteiger partial charge in [-0.2, -0.15) is 0 Å². The zero-order chi connectivity index (χ0) is 22.9. The Hall–Kier alpha value is -3.61. The highest BCUT2D eigenvalue weighted by Crippen LogP contribution is 2.33. The first-order valence-electron chi connectivity index (χ1n) is 11.6. The van der Waals surface area contributed by atoms with Gasteiger partial charge in [-0.3, -0.25) is 14.9 Å². The summed E-state index contributed by atoms with van der Waals surface area (Å²) in [5.74, 6) is -0.139. The van der Waals surface area contributed by atoms with Crippen LogP contribution in [0.2, 0.25) is 0 Å². The van der Waals surface area contributed by atoms with Crippen molar-refractivity contribution in [1.29, 1.82) is 0 Å². The Bertz CT molecular complexity index is 1210. The van der Waals surface area contributed by atoms with Crippen molar-refractivity contribution in [1.82, 2.24) is 4.90 Å². The van der Waals surface area contributed by atoms with Gasteiger partial charge < -0.3 is 14.7 Å². The van der Waals surface area contributed by atoms with Gasteiger partial charge in [0, 0.05) is 62.0 Å². The second-order valence-electron chi connectivity index (χ2n) is 8.94. The highest BCUT2D eigenvalue weighted by molar-refractivity contribution is 5.97. The van der Waals surface area contributed by atoms with Crippen LogP contribution >= 0.6 is 0 Å². The molecule has 0 spiro atoms. The summed E-state index contributed by atoms with van der Waals surface area (Å²) < 4.78 is 0. The Morgan fingerprint density at radius 1 is 0.848 bits per heavy atom. The van der Waals surface area contributed by atoms with E-state index in [4.69, 9.17) is 0 Å². The fourth-order valence-electron chi connectivity index (χ4n) is 5.06. The van der Waals surface area contributed by atoms with Crippen LogP contribution < -0.4 is 9.80 Å². The molecule has 2 saturated heterocycles. The number of hydrogen-bond donors (Lipinski definition) is 0. The molecular weight excluding hydrogens is 416 g/mol. The molecule has 3 aromatic carbocycles. The molecule has 1 amide bonds. The van der Waals surface area contributed by atoms with Crippen LogP contribution in [0.1, 0.15) is 28.8 Å². The maximum atomic E-state index is 13.2. The topological polar surface area (TPSA) is 69.9 Å². The highest BCUT2D eigenvalue weighted by atomic mass is 16.6. The molecule has 0 bridgehead atoms. The first-order valence-corrected chi connectivity index (χ1v) is 11.6. The van der Waals surface area contributed by atoms with E-state index in [1.807, 2.05) is 9.80 Å². The van der Waals surface area contributed by atoms with Gasteiger partial charge in [-0.1, -0.05) is 30.3 Å². The summed E-state index contributed by atoms with van der Waals surface area (Å²) in [6.07, 6.45) is 2.08. The van der Waals surface area contributed by atoms with E-state index in [0.717, 1.165) is 39.0 Å². The minimum Gasteiger partial charge on any atom is -0.367 e. The number of nitrogens with zero attached hydrogens (tertiary/aromatic N) is 4. The number of anilines is 2. The zero-order valence-electron chi connectivity index (χ0n) is 18.9. The predicted octanol–water partition coefficient (Wildman–Crippen LogP) is 4.62. The summed E-state index contributed by atoms with van der Waals surface area (Å²) in [5, 5.41) is 14.1. The van der Waals surface area contributed by atoms with Gasteiger partial charge in [0.15, 0.2) is 0 Å². The minimum absolute atomic E-state index is 0.0209. The highest BCUT2D eigenvalue weighted by Gasteiger charge is 2.27. The SMILES string of the molecule is Cc1cc(N2CCN(C(=O)c3ccc(N4CCCC4)c([N+](=O)[O-])c3)CC2)c2ccccc2c1. The first-order chi connectivity index (χ1) is 16.0. The van der Waals surface area contributed by atoms with Gasteiger partial charge in [-0.25, -0.2) is 0 Å². The second kappa shape index (κ2) is 8.73. The minimum atomic E-state index is -0.370. The van der Waals surface area contributed by atoms with Crippen LogP contribution in [-0.4, -0.2) is 55.0 Å². The van der Waals surface area contributed by atoms with Gasteiger partial charge in [0.05, 0.1) is 4.92 Å². The van der Waals surface area contributed by atoms with Gasteiger partial charge in [0.2, 0.25) is 0 Å². The number of nitro groups is 1. The molecule has 5 rings (SSSR count). The number of carbonyl (C=O) groups is 1. The summed E-state index contributed by atoms with van der Waals surface area (Å²) in [4.78, 5) is 30.7. The van der Waals surface area contributed by atoms with Crippen molar-refractivity contribution in [2.45, 2.75) is 19.8 Å². The first kappa shape index (κ1) is 21.2. The molecule has 0 unspecified atom stereocenters. The van der Waals surface area contributed by atoms with Crippen molar-refractivity contribution >= 4 is 33.7 Å². The number of nitro benzene ring substituents is 1. The van der Waals surface area contributed by atoms with Gasteiger partial charge in [0.25, 0.3) is 11.6 Å². The molecule has 2 heterocycles. The number of hydrogen-bond acceptors (Lipinski definition) is 5. The maximum Gasteiger partial charge on any atom is 0.293 e. The fourth-order valence-corrected chi connectivity index (χ4v) is 5.06. The monoisotopic (exact) mass is 444 g/mol. The Kier molecular flexibility index (Phi) is 5.62. The molecule has 0 saturated carbocycles. The maximum absolute atomic E-state index is 13.2. The van der Waals surface area contributed by atoms with E-state index in [-0.39, 0.29) is 16.5 Å². The van der Waals surface area contributed by atoms with Gasteiger partial charge >= 0.3 is 0 Å². The third-order valence-electron chi connectivity index (χ3n) is 6.76. The van der Waals surface area contributed by atoms with E-state index in [1.165, 1.54) is 28.1 Å². The lowest BCUT2D eigenvalue weighted by Crippen LogP contribution is -2.48. The molecule has 2 aliphatic rings. The largest absolute Gasteiger partial charge is 0.367 e. The molecule has 33 heavy (non-hydrogen) atoms. The summed E-state index contributed by atoms with van der Waals surface area (Å²) >= 11 is 0. The number of aryl methyl sites for hydroxylation is 1. The molecule has 0 aromatic heterocycles. The van der Waals surface area contributed by atoms with Gasteiger partial charge in [0.1, 0.15) is 5.69 Å². The Balaban J connectivity index is 1.33. The molecule has 0 atom stereocenters. The zero-order valence-corrected chi connectivity index (χ0v) is 18.9. The summed E-state index contributed by atoms with van der Waals surface area (Å²) in [7, 11) is 0. The second-order valence-corrected chi connectivity index (χ2v) is 8.94. The van der Waals surface area contributed by atoms with Crippen molar-refractivity contribution < 1.29 is 9.72 Å². The molecule has 7 heteroatoms. The molecule has 0 radical (unpaired) electrons. The van der Waals surface area contributed by atoms with E-state index in [2.05, 4.69) is 48.2 Å². The number of rotatable bonds is 4. The number of benzene rings is 3. The van der Waals surface area contributed by atoms with Crippen LogP contribution in [0, 0.1) is 17.0 Å². The number of piperazine rings is 1. The van der Waals surface area contributed by atoms with E-state index >= 15 is 0 Å². The van der Waals surface area contributed by atoms with Crippen LogP contribution in [0.5, 0.6) is 0 Å². The Labute approximate surface area is 193 Å². The fraction of sp³-hybridized carbons (Fsp3) is 0.346. The lowest BCUT2D eigenvalue weighted by atomic mass is 10.0. The van der Waals surface area contributed by atoms with Crippen LogP contribution in [0.3, 0.4) is 0 Å². The van der Waals surface area contributed by atoms with E-state index in [1.54, 1.807) is 12.1 Å². The molecule has 0 aliphatic carbocycles. The average Bonchev–Trinajstić information content (AvgIpc) is 3.37. The molecular formula is C26H28N4O3. The van der Waals surface area contributed by atoms with Crippen molar-refractivity contribution in [2.24, 2.45) is 0 Å². The lowest BCUT2D eigenvalue weighted by molar-refractivity contribution is -0.384. The lowest BCUT2D eigenvalue weighted by Gasteiger charge is -2.37. The predicted molar refractivity (Wildman–Crippen MR) is 131 cm³/mol.